The van der Waals surface area contributed by atoms with Gasteiger partial charge in [-0.1, -0.05) is 24.1 Å². The standard InChI is InChI=1S/C17H17BrClNO2S/c1-23(21,22)17-8-5-11(9-15(17)19)13-3-2-4-14(13)16-7-6-12(18)10-20-16/h5-10,13-14H,2-4H2,1H3. The molecule has 0 bridgehead atoms. The minimum atomic E-state index is -3.29. The number of rotatable bonds is 3. The van der Waals surface area contributed by atoms with E-state index >= 15 is 0 Å². The number of nitrogens with zero attached hydrogens (tertiary/aromatic N) is 1. The first-order valence-corrected chi connectivity index (χ1v) is 10.5. The molecule has 0 saturated heterocycles. The number of pyridine rings is 1. The SMILES string of the molecule is CS(=O)(=O)c1ccc(C2CCCC2c2ccc(Br)cn2)cc1Cl. The first-order valence-electron chi connectivity index (χ1n) is 7.47. The Hall–Kier alpha value is -0.910. The predicted octanol–water partition coefficient (Wildman–Crippen LogP) is 4.95. The first-order chi connectivity index (χ1) is 10.9. The van der Waals surface area contributed by atoms with Gasteiger partial charge in [0.15, 0.2) is 9.84 Å². The van der Waals surface area contributed by atoms with Crippen LogP contribution in [0.25, 0.3) is 0 Å². The van der Waals surface area contributed by atoms with Gasteiger partial charge in [-0.25, -0.2) is 8.42 Å². The van der Waals surface area contributed by atoms with E-state index in [2.05, 4.69) is 27.0 Å². The molecule has 1 aromatic carbocycles. The molecule has 2 atom stereocenters. The van der Waals surface area contributed by atoms with Gasteiger partial charge in [0.25, 0.3) is 0 Å². The number of sulfone groups is 1. The van der Waals surface area contributed by atoms with Crippen molar-refractivity contribution < 1.29 is 8.42 Å². The Kier molecular flexibility index (Phi) is 4.81. The van der Waals surface area contributed by atoms with E-state index in [1.165, 1.54) is 6.26 Å². The molecule has 1 aromatic heterocycles. The van der Waals surface area contributed by atoms with E-state index in [4.69, 9.17) is 11.6 Å². The summed E-state index contributed by atoms with van der Waals surface area (Å²) in [6, 6.07) is 9.39. The summed E-state index contributed by atoms with van der Waals surface area (Å²) in [6.07, 6.45) is 6.29. The quantitative estimate of drug-likeness (QED) is 0.713. The molecular weight excluding hydrogens is 398 g/mol. The van der Waals surface area contributed by atoms with Crippen molar-refractivity contribution in [3.8, 4) is 0 Å². The monoisotopic (exact) mass is 413 g/mol. The van der Waals surface area contributed by atoms with Crippen LogP contribution in [-0.2, 0) is 9.84 Å². The van der Waals surface area contributed by atoms with E-state index in [0.29, 0.717) is 16.9 Å². The Balaban J connectivity index is 1.94. The molecule has 1 saturated carbocycles. The van der Waals surface area contributed by atoms with E-state index in [1.54, 1.807) is 12.1 Å². The lowest BCUT2D eigenvalue weighted by Gasteiger charge is -2.20. The molecule has 122 valence electrons. The van der Waals surface area contributed by atoms with Crippen molar-refractivity contribution in [2.75, 3.05) is 6.26 Å². The van der Waals surface area contributed by atoms with Gasteiger partial charge >= 0.3 is 0 Å². The topological polar surface area (TPSA) is 47.0 Å². The summed E-state index contributed by atoms with van der Waals surface area (Å²) in [5.41, 5.74) is 2.17. The van der Waals surface area contributed by atoms with Crippen molar-refractivity contribution in [1.29, 1.82) is 0 Å². The maximum atomic E-state index is 11.7. The Morgan fingerprint density at radius 2 is 1.91 bits per heavy atom. The molecule has 2 unspecified atom stereocenters. The van der Waals surface area contributed by atoms with Gasteiger partial charge in [0, 0.05) is 28.5 Å². The lowest BCUT2D eigenvalue weighted by molar-refractivity contribution is 0.599. The van der Waals surface area contributed by atoms with Crippen LogP contribution in [-0.4, -0.2) is 19.7 Å². The second-order valence-electron chi connectivity index (χ2n) is 6.01. The maximum absolute atomic E-state index is 11.7. The Morgan fingerprint density at radius 3 is 2.52 bits per heavy atom. The minimum absolute atomic E-state index is 0.194. The predicted molar refractivity (Wildman–Crippen MR) is 95.8 cm³/mol. The van der Waals surface area contributed by atoms with Gasteiger partial charge in [0.05, 0.1) is 9.92 Å². The van der Waals surface area contributed by atoms with Crippen molar-refractivity contribution in [3.63, 3.8) is 0 Å². The number of halogens is 2. The third-order valence-electron chi connectivity index (χ3n) is 4.43. The summed E-state index contributed by atoms with van der Waals surface area (Å²) in [5, 5.41) is 0.305. The van der Waals surface area contributed by atoms with Crippen LogP contribution in [0.1, 0.15) is 42.4 Å². The molecule has 1 heterocycles. The molecule has 3 nitrogen and oxygen atoms in total. The number of aromatic nitrogens is 1. The molecule has 23 heavy (non-hydrogen) atoms. The first kappa shape index (κ1) is 16.9. The highest BCUT2D eigenvalue weighted by atomic mass is 79.9. The zero-order chi connectivity index (χ0) is 16.6. The highest BCUT2D eigenvalue weighted by Crippen LogP contribution is 2.46. The molecule has 1 aliphatic rings. The van der Waals surface area contributed by atoms with E-state index < -0.39 is 9.84 Å². The van der Waals surface area contributed by atoms with Crippen molar-refractivity contribution in [3.05, 3.63) is 57.3 Å². The molecular formula is C17H17BrClNO2S. The average molecular weight is 415 g/mol. The normalized spacial score (nSPS) is 21.5. The molecule has 0 amide bonds. The van der Waals surface area contributed by atoms with Gasteiger partial charge in [0.1, 0.15) is 0 Å². The Labute approximate surface area is 150 Å². The fourth-order valence-electron chi connectivity index (χ4n) is 3.37. The minimum Gasteiger partial charge on any atom is -0.260 e. The van der Waals surface area contributed by atoms with Crippen LogP contribution >= 0.6 is 27.5 Å². The van der Waals surface area contributed by atoms with Crippen LogP contribution in [0.15, 0.2) is 45.9 Å². The van der Waals surface area contributed by atoms with E-state index in [-0.39, 0.29) is 4.90 Å². The smallest absolute Gasteiger partial charge is 0.176 e. The zero-order valence-electron chi connectivity index (χ0n) is 12.7. The van der Waals surface area contributed by atoms with Gasteiger partial charge < -0.3 is 0 Å². The molecule has 2 aromatic rings. The van der Waals surface area contributed by atoms with Gasteiger partial charge in [0.2, 0.25) is 0 Å². The van der Waals surface area contributed by atoms with E-state index in [1.807, 2.05) is 18.3 Å². The number of hydrogen-bond acceptors (Lipinski definition) is 3. The van der Waals surface area contributed by atoms with Crippen LogP contribution in [0.3, 0.4) is 0 Å². The van der Waals surface area contributed by atoms with E-state index in [0.717, 1.165) is 35.0 Å². The van der Waals surface area contributed by atoms with Crippen LogP contribution in [0.2, 0.25) is 5.02 Å². The van der Waals surface area contributed by atoms with Crippen LogP contribution < -0.4 is 0 Å². The summed E-state index contributed by atoms with van der Waals surface area (Å²) < 4.78 is 24.4. The molecule has 0 N–H and O–H groups in total. The third kappa shape index (κ3) is 3.62. The van der Waals surface area contributed by atoms with Crippen LogP contribution in [0.5, 0.6) is 0 Å². The van der Waals surface area contributed by atoms with Gasteiger partial charge in [-0.15, -0.1) is 0 Å². The molecule has 3 rings (SSSR count). The second-order valence-corrected chi connectivity index (χ2v) is 9.31. The largest absolute Gasteiger partial charge is 0.260 e. The summed E-state index contributed by atoms with van der Waals surface area (Å²) >= 11 is 9.62. The molecule has 1 fully saturated rings. The summed E-state index contributed by atoms with van der Waals surface area (Å²) in [7, 11) is -3.29. The van der Waals surface area contributed by atoms with Gasteiger partial charge in [-0.2, -0.15) is 0 Å². The average Bonchev–Trinajstić information content (AvgIpc) is 2.96. The number of hydrogen-bond donors (Lipinski definition) is 0. The third-order valence-corrected chi connectivity index (χ3v) is 6.48. The fourth-order valence-corrected chi connectivity index (χ4v) is 4.94. The lowest BCUT2D eigenvalue weighted by atomic mass is 9.86. The molecule has 6 heteroatoms. The zero-order valence-corrected chi connectivity index (χ0v) is 15.8. The van der Waals surface area contributed by atoms with Crippen LogP contribution in [0.4, 0.5) is 0 Å². The van der Waals surface area contributed by atoms with Crippen molar-refractivity contribution in [2.24, 2.45) is 0 Å². The Morgan fingerprint density at radius 1 is 1.17 bits per heavy atom. The summed E-state index contributed by atoms with van der Waals surface area (Å²) in [4.78, 5) is 4.73. The molecule has 0 spiro atoms. The Bertz CT molecular complexity index is 821. The van der Waals surface area contributed by atoms with Gasteiger partial charge in [-0.3, -0.25) is 4.98 Å². The van der Waals surface area contributed by atoms with Crippen molar-refractivity contribution in [2.45, 2.75) is 36.0 Å². The number of benzene rings is 1. The van der Waals surface area contributed by atoms with Crippen molar-refractivity contribution >= 4 is 37.4 Å². The lowest BCUT2D eigenvalue weighted by Crippen LogP contribution is -2.07. The van der Waals surface area contributed by atoms with Gasteiger partial charge in [-0.05, 0) is 64.5 Å². The summed E-state index contributed by atoms with van der Waals surface area (Å²) in [6.45, 7) is 0. The van der Waals surface area contributed by atoms with E-state index in [9.17, 15) is 8.42 Å². The van der Waals surface area contributed by atoms with Crippen molar-refractivity contribution in [1.82, 2.24) is 4.98 Å². The highest BCUT2D eigenvalue weighted by Gasteiger charge is 2.31. The van der Waals surface area contributed by atoms with Crippen LogP contribution in [0, 0.1) is 0 Å². The molecule has 1 aliphatic carbocycles. The maximum Gasteiger partial charge on any atom is 0.176 e. The summed E-state index contributed by atoms with van der Waals surface area (Å²) in [5.74, 6) is 0.679. The fraction of sp³-hybridized carbons (Fsp3) is 0.353. The highest BCUT2D eigenvalue weighted by molar-refractivity contribution is 9.10. The molecule has 0 radical (unpaired) electrons. The molecule has 0 aliphatic heterocycles. The second kappa shape index (κ2) is 6.54.